The maximum absolute atomic E-state index is 13.0. The molecule has 4 heterocycles. The number of aromatic nitrogens is 3. The number of aliphatic imine (C=N–C) groups is 1. The zero-order valence-corrected chi connectivity index (χ0v) is 15.2. The van der Waals surface area contributed by atoms with Crippen molar-refractivity contribution in [3.63, 3.8) is 0 Å². The van der Waals surface area contributed by atoms with E-state index in [0.717, 1.165) is 16.8 Å². The summed E-state index contributed by atoms with van der Waals surface area (Å²) in [6.45, 7) is 0. The summed E-state index contributed by atoms with van der Waals surface area (Å²) in [6.07, 6.45) is 8.31. The third-order valence-electron chi connectivity index (χ3n) is 4.43. The largest absolute Gasteiger partial charge is 0.465 e. The molecule has 136 valence electrons. The van der Waals surface area contributed by atoms with E-state index in [1.807, 2.05) is 30.3 Å². The van der Waals surface area contributed by atoms with Gasteiger partial charge in [0.05, 0.1) is 17.3 Å². The average Bonchev–Trinajstić information content (AvgIpc) is 3.45. The Morgan fingerprint density at radius 2 is 2.00 bits per heavy atom. The molecule has 0 amide bonds. The van der Waals surface area contributed by atoms with Crippen molar-refractivity contribution in [2.24, 2.45) is 4.99 Å². The summed E-state index contributed by atoms with van der Waals surface area (Å²) in [5.41, 5.74) is 2.24. The summed E-state index contributed by atoms with van der Waals surface area (Å²) in [5.74, 6) is 1.05. The van der Waals surface area contributed by atoms with Crippen molar-refractivity contribution < 1.29 is 4.42 Å². The van der Waals surface area contributed by atoms with E-state index in [1.165, 1.54) is 4.57 Å². The lowest BCUT2D eigenvalue weighted by atomic mass is 10.1. The van der Waals surface area contributed by atoms with Crippen LogP contribution >= 0.6 is 11.6 Å². The van der Waals surface area contributed by atoms with Crippen molar-refractivity contribution in [1.29, 1.82) is 0 Å². The number of nitrogens with zero attached hydrogens (tertiary/aromatic N) is 3. The molecule has 0 unspecified atom stereocenters. The van der Waals surface area contributed by atoms with E-state index < -0.39 is 0 Å². The van der Waals surface area contributed by atoms with Crippen LogP contribution < -0.4 is 16.3 Å². The lowest BCUT2D eigenvalue weighted by Gasteiger charge is -2.09. The van der Waals surface area contributed by atoms with Gasteiger partial charge in [-0.1, -0.05) is 41.9 Å². The fourth-order valence-corrected chi connectivity index (χ4v) is 3.29. The van der Waals surface area contributed by atoms with Crippen LogP contribution in [0.1, 0.15) is 5.76 Å². The van der Waals surface area contributed by atoms with E-state index in [4.69, 9.17) is 16.0 Å². The average molecular weight is 389 g/mol. The van der Waals surface area contributed by atoms with Crippen LogP contribution in [0.3, 0.4) is 0 Å². The van der Waals surface area contributed by atoms with Crippen molar-refractivity contribution >= 4 is 29.5 Å². The Bertz CT molecular complexity index is 1380. The molecular formula is C21H13ClN4O2. The second-order valence-corrected chi connectivity index (χ2v) is 6.63. The van der Waals surface area contributed by atoms with Gasteiger partial charge in [-0.15, -0.1) is 0 Å². The van der Waals surface area contributed by atoms with Crippen molar-refractivity contribution in [2.75, 3.05) is 0 Å². The van der Waals surface area contributed by atoms with E-state index >= 15 is 0 Å². The molecule has 0 aliphatic carbocycles. The first-order valence-electron chi connectivity index (χ1n) is 8.57. The second kappa shape index (κ2) is 6.51. The Morgan fingerprint density at radius 3 is 2.71 bits per heavy atom. The molecule has 0 spiro atoms. The summed E-state index contributed by atoms with van der Waals surface area (Å²) >= 11 is 6.02. The van der Waals surface area contributed by atoms with Gasteiger partial charge in [0.25, 0.3) is 5.56 Å². The minimum atomic E-state index is -0.232. The van der Waals surface area contributed by atoms with Crippen molar-refractivity contribution in [3.8, 4) is 17.1 Å². The van der Waals surface area contributed by atoms with Crippen LogP contribution in [0.2, 0.25) is 0 Å². The Hall–Kier alpha value is -3.64. The van der Waals surface area contributed by atoms with Gasteiger partial charge in [0.1, 0.15) is 16.3 Å². The quantitative estimate of drug-likeness (QED) is 0.536. The highest BCUT2D eigenvalue weighted by atomic mass is 35.5. The normalized spacial score (nSPS) is 16.2. The van der Waals surface area contributed by atoms with Crippen molar-refractivity contribution in [3.05, 3.63) is 93.0 Å². The number of halogens is 1. The molecule has 2 aromatic rings. The molecule has 1 aromatic carbocycles. The molecule has 0 saturated carbocycles. The second-order valence-electron chi connectivity index (χ2n) is 6.24. The molecule has 3 aliphatic rings. The first-order valence-corrected chi connectivity index (χ1v) is 8.94. The van der Waals surface area contributed by atoms with Gasteiger partial charge in [0.15, 0.2) is 5.82 Å². The minimum absolute atomic E-state index is 0.232. The predicted octanol–water partition coefficient (Wildman–Crippen LogP) is 2.40. The van der Waals surface area contributed by atoms with E-state index in [2.05, 4.69) is 15.0 Å². The monoisotopic (exact) mass is 388 g/mol. The third-order valence-corrected chi connectivity index (χ3v) is 4.64. The maximum Gasteiger partial charge on any atom is 0.282 e. The molecule has 1 aromatic heterocycles. The van der Waals surface area contributed by atoms with Gasteiger partial charge in [-0.2, -0.15) is 0 Å². The Kier molecular flexibility index (Phi) is 3.84. The van der Waals surface area contributed by atoms with Gasteiger partial charge < -0.3 is 9.40 Å². The predicted molar refractivity (Wildman–Crippen MR) is 108 cm³/mol. The highest BCUT2D eigenvalue weighted by Gasteiger charge is 2.16. The molecular weight excluding hydrogens is 376 g/mol. The van der Waals surface area contributed by atoms with E-state index in [-0.39, 0.29) is 5.56 Å². The summed E-state index contributed by atoms with van der Waals surface area (Å²) in [5, 5.41) is 1.33. The zero-order valence-electron chi connectivity index (χ0n) is 14.5. The SMILES string of the molecule is O=c1/c(=C/c2ccco2)nc2c(=C3C=NC(Cl)=C3)[nH]c(-c3ccccc3)cn1-2. The number of imidazole rings is 1. The molecule has 0 radical (unpaired) electrons. The summed E-state index contributed by atoms with van der Waals surface area (Å²) in [7, 11) is 0. The maximum atomic E-state index is 13.0. The van der Waals surface area contributed by atoms with Crippen LogP contribution in [0.5, 0.6) is 0 Å². The number of nitrogens with one attached hydrogen (secondary N) is 1. The third kappa shape index (κ3) is 2.80. The van der Waals surface area contributed by atoms with Gasteiger partial charge in [-0.05, 0) is 23.8 Å². The smallest absolute Gasteiger partial charge is 0.282 e. The molecule has 5 rings (SSSR count). The molecule has 0 bridgehead atoms. The number of benzene rings is 1. The van der Waals surface area contributed by atoms with Gasteiger partial charge in [-0.3, -0.25) is 9.36 Å². The molecule has 0 atom stereocenters. The van der Waals surface area contributed by atoms with E-state index in [9.17, 15) is 4.79 Å². The van der Waals surface area contributed by atoms with Gasteiger partial charge in [-0.25, -0.2) is 9.98 Å². The number of H-pyrrole nitrogens is 1. The number of hydrogen-bond acceptors (Lipinski definition) is 4. The fraction of sp³-hybridized carbons (Fsp3) is 0. The molecule has 1 N–H and O–H groups in total. The number of rotatable bonds is 2. The molecule has 7 heteroatoms. The standard InChI is InChI=1S/C21H13ClN4O2/c22-18-9-14(11-23-18)19-20-25-16(10-15-7-4-8-28-15)21(27)26(20)12-17(24-19)13-5-2-1-3-6-13/h1-12,24H/b16-10-,19-14?. The molecule has 6 nitrogen and oxygen atoms in total. The molecule has 28 heavy (non-hydrogen) atoms. The molecule has 0 saturated heterocycles. The number of allylic oxidation sites excluding steroid dienone is 1. The lowest BCUT2D eigenvalue weighted by molar-refractivity contribution is 0.556. The van der Waals surface area contributed by atoms with Gasteiger partial charge in [0.2, 0.25) is 0 Å². The minimum Gasteiger partial charge on any atom is -0.465 e. The lowest BCUT2D eigenvalue weighted by Crippen LogP contribution is -2.29. The van der Waals surface area contributed by atoms with Crippen molar-refractivity contribution in [1.82, 2.24) is 14.5 Å². The first kappa shape index (κ1) is 16.5. The number of aromatic amines is 1. The molecule has 0 fully saturated rings. The Balaban J connectivity index is 1.87. The van der Waals surface area contributed by atoms with Gasteiger partial charge in [0, 0.05) is 24.1 Å². The van der Waals surface area contributed by atoms with Crippen LogP contribution in [-0.2, 0) is 0 Å². The van der Waals surface area contributed by atoms with Crippen LogP contribution in [0.15, 0.2) is 80.4 Å². The number of hydrogen-bond donors (Lipinski definition) is 1. The van der Waals surface area contributed by atoms with E-state index in [0.29, 0.717) is 27.4 Å². The summed E-state index contributed by atoms with van der Waals surface area (Å²) in [4.78, 5) is 25.0. The highest BCUT2D eigenvalue weighted by molar-refractivity contribution is 6.33. The Labute approximate surface area is 163 Å². The fourth-order valence-electron chi connectivity index (χ4n) is 3.12. The zero-order chi connectivity index (χ0) is 19.1. The van der Waals surface area contributed by atoms with E-state index in [1.54, 1.807) is 43.0 Å². The number of fused-ring (bicyclic) bond motifs is 1. The summed E-state index contributed by atoms with van der Waals surface area (Å²) < 4.78 is 6.85. The Morgan fingerprint density at radius 1 is 1.14 bits per heavy atom. The highest BCUT2D eigenvalue weighted by Crippen LogP contribution is 2.18. The number of furan rings is 1. The van der Waals surface area contributed by atoms with Crippen LogP contribution in [0.25, 0.3) is 28.7 Å². The topological polar surface area (TPSA) is 76.2 Å². The van der Waals surface area contributed by atoms with Crippen LogP contribution in [0.4, 0.5) is 0 Å². The molecule has 3 aliphatic heterocycles. The first-order chi connectivity index (χ1) is 13.7. The summed E-state index contributed by atoms with van der Waals surface area (Å²) in [6, 6.07) is 13.3. The van der Waals surface area contributed by atoms with Gasteiger partial charge >= 0.3 is 0 Å². The van der Waals surface area contributed by atoms with Crippen LogP contribution in [0, 0.1) is 0 Å². The van der Waals surface area contributed by atoms with Crippen LogP contribution in [-0.4, -0.2) is 20.7 Å². The van der Waals surface area contributed by atoms with Crippen molar-refractivity contribution in [2.45, 2.75) is 0 Å².